The van der Waals surface area contributed by atoms with Gasteiger partial charge in [-0.15, -0.1) is 0 Å². The molecule has 1 aromatic heterocycles. The summed E-state index contributed by atoms with van der Waals surface area (Å²) in [5.74, 6) is -0.711. The largest absolute Gasteiger partial charge is 0.351 e. The van der Waals surface area contributed by atoms with E-state index in [0.717, 1.165) is 0 Å². The molecule has 0 radical (unpaired) electrons. The van der Waals surface area contributed by atoms with Crippen molar-refractivity contribution in [3.63, 3.8) is 0 Å². The van der Waals surface area contributed by atoms with Crippen molar-refractivity contribution in [2.24, 2.45) is 0 Å². The number of rotatable bonds is 7. The Balaban J connectivity index is 2.00. The summed E-state index contributed by atoms with van der Waals surface area (Å²) in [4.78, 5) is 12.2. The lowest BCUT2D eigenvalue weighted by Crippen LogP contribution is -2.35. The van der Waals surface area contributed by atoms with Crippen LogP contribution in [0.5, 0.6) is 0 Å². The van der Waals surface area contributed by atoms with Gasteiger partial charge in [0, 0.05) is 13.1 Å². The zero-order chi connectivity index (χ0) is 17.7. The predicted octanol–water partition coefficient (Wildman–Crippen LogP) is 0.989. The van der Waals surface area contributed by atoms with Crippen molar-refractivity contribution >= 4 is 15.9 Å². The van der Waals surface area contributed by atoms with E-state index in [1.807, 2.05) is 0 Å². The molecular weight excluding hydrogens is 335 g/mol. The van der Waals surface area contributed by atoms with Crippen molar-refractivity contribution in [1.82, 2.24) is 19.8 Å². The summed E-state index contributed by atoms with van der Waals surface area (Å²) in [5.41, 5.74) is 1.62. The number of nitrogens with zero attached hydrogens (tertiary/aromatic N) is 2. The smallest absolute Gasteiger partial charge is 0.254 e. The standard InChI is InChI=1S/C15H19FN4O3S/c1-3-24(22,23)19-9-8-17-15(21)14-10-18-20(11(14)2)13-6-4-12(16)5-7-13/h4-7,10,19H,3,8-9H2,1-2H3,(H,17,21). The number of halogens is 1. The lowest BCUT2D eigenvalue weighted by Gasteiger charge is -2.07. The highest BCUT2D eigenvalue weighted by molar-refractivity contribution is 7.89. The van der Waals surface area contributed by atoms with Gasteiger partial charge >= 0.3 is 0 Å². The summed E-state index contributed by atoms with van der Waals surface area (Å²) < 4.78 is 39.5. The van der Waals surface area contributed by atoms with Crippen molar-refractivity contribution < 1.29 is 17.6 Å². The second-order valence-corrected chi connectivity index (χ2v) is 7.18. The third kappa shape index (κ3) is 4.39. The number of sulfonamides is 1. The Labute approximate surface area is 139 Å². The average molecular weight is 354 g/mol. The first-order valence-corrected chi connectivity index (χ1v) is 9.05. The van der Waals surface area contributed by atoms with E-state index in [2.05, 4.69) is 15.1 Å². The summed E-state index contributed by atoms with van der Waals surface area (Å²) in [6.45, 7) is 3.55. The SMILES string of the molecule is CCS(=O)(=O)NCCNC(=O)c1cnn(-c2ccc(F)cc2)c1C. The molecule has 0 unspecified atom stereocenters. The molecule has 0 saturated heterocycles. The minimum atomic E-state index is -3.27. The Kier molecular flexibility index (Phi) is 5.68. The van der Waals surface area contributed by atoms with E-state index >= 15 is 0 Å². The van der Waals surface area contributed by atoms with Crippen LogP contribution in [0, 0.1) is 12.7 Å². The van der Waals surface area contributed by atoms with E-state index in [1.165, 1.54) is 29.9 Å². The van der Waals surface area contributed by atoms with Crippen LogP contribution >= 0.6 is 0 Å². The molecule has 0 aliphatic heterocycles. The first kappa shape index (κ1) is 18.1. The molecule has 0 fully saturated rings. The molecule has 1 aromatic carbocycles. The predicted molar refractivity (Wildman–Crippen MR) is 88.1 cm³/mol. The van der Waals surface area contributed by atoms with Gasteiger partial charge in [0.15, 0.2) is 0 Å². The van der Waals surface area contributed by atoms with Crippen molar-refractivity contribution in [3.8, 4) is 5.69 Å². The number of aromatic nitrogens is 2. The molecule has 2 aromatic rings. The van der Waals surface area contributed by atoms with Gasteiger partial charge in [-0.05, 0) is 38.1 Å². The molecule has 7 nitrogen and oxygen atoms in total. The van der Waals surface area contributed by atoms with E-state index in [1.54, 1.807) is 19.1 Å². The molecule has 0 spiro atoms. The van der Waals surface area contributed by atoms with Gasteiger partial charge in [0.05, 0.1) is 28.9 Å². The third-order valence-electron chi connectivity index (χ3n) is 3.44. The number of hydrogen-bond donors (Lipinski definition) is 2. The highest BCUT2D eigenvalue weighted by atomic mass is 32.2. The zero-order valence-electron chi connectivity index (χ0n) is 13.4. The molecule has 1 heterocycles. The van der Waals surface area contributed by atoms with Crippen LogP contribution in [0.1, 0.15) is 23.0 Å². The normalized spacial score (nSPS) is 11.5. The highest BCUT2D eigenvalue weighted by Crippen LogP contribution is 2.14. The number of amides is 1. The summed E-state index contributed by atoms with van der Waals surface area (Å²) in [5, 5.41) is 6.77. The lowest BCUT2D eigenvalue weighted by atomic mass is 10.2. The third-order valence-corrected chi connectivity index (χ3v) is 4.84. The fraction of sp³-hybridized carbons (Fsp3) is 0.333. The average Bonchev–Trinajstić information content (AvgIpc) is 2.94. The fourth-order valence-electron chi connectivity index (χ4n) is 2.05. The molecule has 0 atom stereocenters. The van der Waals surface area contributed by atoms with Crippen molar-refractivity contribution in [3.05, 3.63) is 47.5 Å². The second kappa shape index (κ2) is 7.54. The summed E-state index contributed by atoms with van der Waals surface area (Å²) in [6, 6.07) is 5.76. The maximum Gasteiger partial charge on any atom is 0.254 e. The number of carbonyl (C=O) groups is 1. The van der Waals surface area contributed by atoms with Crippen LogP contribution in [-0.4, -0.2) is 42.9 Å². The Morgan fingerprint density at radius 2 is 1.92 bits per heavy atom. The van der Waals surface area contributed by atoms with Crippen LogP contribution in [0.4, 0.5) is 4.39 Å². The van der Waals surface area contributed by atoms with E-state index < -0.39 is 10.0 Å². The van der Waals surface area contributed by atoms with Crippen LogP contribution in [0.2, 0.25) is 0 Å². The maximum atomic E-state index is 13.0. The van der Waals surface area contributed by atoms with Gasteiger partial charge < -0.3 is 5.32 Å². The van der Waals surface area contributed by atoms with Gasteiger partial charge in [-0.1, -0.05) is 0 Å². The molecule has 2 rings (SSSR count). The van der Waals surface area contributed by atoms with Gasteiger partial charge in [-0.2, -0.15) is 5.10 Å². The molecule has 24 heavy (non-hydrogen) atoms. The van der Waals surface area contributed by atoms with Crippen LogP contribution in [0.15, 0.2) is 30.5 Å². The quantitative estimate of drug-likeness (QED) is 0.725. The minimum Gasteiger partial charge on any atom is -0.351 e. The van der Waals surface area contributed by atoms with Crippen molar-refractivity contribution in [2.45, 2.75) is 13.8 Å². The number of benzene rings is 1. The summed E-state index contributed by atoms with van der Waals surface area (Å²) in [7, 11) is -3.27. The van der Waals surface area contributed by atoms with E-state index in [4.69, 9.17) is 0 Å². The molecule has 0 aliphatic carbocycles. The molecule has 9 heteroatoms. The van der Waals surface area contributed by atoms with Crippen molar-refractivity contribution in [1.29, 1.82) is 0 Å². The monoisotopic (exact) mass is 354 g/mol. The first-order valence-electron chi connectivity index (χ1n) is 7.40. The number of hydrogen-bond acceptors (Lipinski definition) is 4. The fourth-order valence-corrected chi connectivity index (χ4v) is 2.67. The van der Waals surface area contributed by atoms with Crippen LogP contribution in [0.3, 0.4) is 0 Å². The maximum absolute atomic E-state index is 13.0. The van der Waals surface area contributed by atoms with Gasteiger partial charge in [0.2, 0.25) is 10.0 Å². The van der Waals surface area contributed by atoms with Crippen LogP contribution in [0.25, 0.3) is 5.69 Å². The first-order chi connectivity index (χ1) is 11.3. The van der Waals surface area contributed by atoms with Gasteiger partial charge in [0.1, 0.15) is 5.82 Å². The Bertz CT molecular complexity index is 816. The lowest BCUT2D eigenvalue weighted by molar-refractivity contribution is 0.0953. The van der Waals surface area contributed by atoms with E-state index in [-0.39, 0.29) is 30.6 Å². The molecular formula is C15H19FN4O3S. The Hall–Kier alpha value is -2.26. The van der Waals surface area contributed by atoms with Crippen LogP contribution < -0.4 is 10.0 Å². The Morgan fingerprint density at radius 3 is 2.54 bits per heavy atom. The second-order valence-electron chi connectivity index (χ2n) is 5.09. The molecule has 1 amide bonds. The van der Waals surface area contributed by atoms with Gasteiger partial charge in [-0.25, -0.2) is 22.2 Å². The molecule has 0 aliphatic rings. The number of carbonyl (C=O) groups excluding carboxylic acids is 1. The number of nitrogens with one attached hydrogen (secondary N) is 2. The Morgan fingerprint density at radius 1 is 1.25 bits per heavy atom. The molecule has 130 valence electrons. The minimum absolute atomic E-state index is 0.00943. The van der Waals surface area contributed by atoms with E-state index in [0.29, 0.717) is 16.9 Å². The van der Waals surface area contributed by atoms with Gasteiger partial charge in [0.25, 0.3) is 5.91 Å². The van der Waals surface area contributed by atoms with Crippen molar-refractivity contribution in [2.75, 3.05) is 18.8 Å². The molecule has 2 N–H and O–H groups in total. The summed E-state index contributed by atoms with van der Waals surface area (Å²) in [6.07, 6.45) is 1.42. The topological polar surface area (TPSA) is 93.1 Å². The molecule has 0 bridgehead atoms. The molecule has 0 saturated carbocycles. The summed E-state index contributed by atoms with van der Waals surface area (Å²) >= 11 is 0. The highest BCUT2D eigenvalue weighted by Gasteiger charge is 2.15. The van der Waals surface area contributed by atoms with E-state index in [9.17, 15) is 17.6 Å². The van der Waals surface area contributed by atoms with Gasteiger partial charge in [-0.3, -0.25) is 4.79 Å². The van der Waals surface area contributed by atoms with Crippen LogP contribution in [-0.2, 0) is 10.0 Å². The zero-order valence-corrected chi connectivity index (χ0v) is 14.2.